The molecule has 0 saturated carbocycles. The van der Waals surface area contributed by atoms with Crippen LogP contribution in [0.25, 0.3) is 0 Å². The molecule has 0 aromatic heterocycles. The van der Waals surface area contributed by atoms with Crippen LogP contribution < -0.4 is 5.32 Å². The molecule has 0 aliphatic carbocycles. The minimum Gasteiger partial charge on any atom is -0.394 e. The summed E-state index contributed by atoms with van der Waals surface area (Å²) in [6.07, 6.45) is 44.5. The molecule has 0 bridgehead atoms. The Balaban J connectivity index is 1.38. The Morgan fingerprint density at radius 3 is 1.00 bits per heavy atom. The van der Waals surface area contributed by atoms with Crippen molar-refractivity contribution >= 4 is 5.91 Å². The Labute approximate surface area is 588 Å². The van der Waals surface area contributed by atoms with E-state index in [4.69, 9.17) is 28.4 Å². The van der Waals surface area contributed by atoms with Crippen LogP contribution in [0, 0.1) is 0 Å². The second-order valence-electron chi connectivity index (χ2n) is 28.9. The van der Waals surface area contributed by atoms with Gasteiger partial charge < -0.3 is 89.9 Å². The van der Waals surface area contributed by atoms with Crippen molar-refractivity contribution in [3.05, 3.63) is 24.3 Å². The van der Waals surface area contributed by atoms with E-state index in [0.717, 1.165) is 44.9 Å². The summed E-state index contributed by atoms with van der Waals surface area (Å²) < 4.78 is 34.5. The van der Waals surface area contributed by atoms with Crippen molar-refractivity contribution in [3.63, 3.8) is 0 Å². The standard InChI is InChI=1S/C78H147NO18/c1-3-5-7-9-11-13-15-17-19-21-23-25-27-29-30-32-34-36-38-40-42-44-46-48-50-52-54-56-66(84)79-61(62(83)55-53-51-49-47-45-43-41-39-37-35-33-31-28-26-24-22-20-18-16-14-12-10-8-6-4-2)60-92-76-72(90)69(87)74(64(58-81)94-76)97-78-73(91)70(88)75(65(59-82)95-78)96-77-71(89)68(86)67(85)63(57-80)93-77/h21,23,53,55,61-65,67-78,80-83,85-91H,3-20,22,24-52,54,56-60H2,1-2H3,(H,79,84)/b23-21-,55-53+. The summed E-state index contributed by atoms with van der Waals surface area (Å²) in [5.41, 5.74) is 0. The molecule has 17 atom stereocenters. The number of nitrogens with one attached hydrogen (secondary N) is 1. The topological polar surface area (TPSA) is 307 Å². The van der Waals surface area contributed by atoms with Gasteiger partial charge in [-0.05, 0) is 44.9 Å². The summed E-state index contributed by atoms with van der Waals surface area (Å²) in [5, 5.41) is 121. The van der Waals surface area contributed by atoms with Gasteiger partial charge in [-0.3, -0.25) is 4.79 Å². The van der Waals surface area contributed by atoms with Crippen molar-refractivity contribution in [2.75, 3.05) is 26.4 Å². The number of hydrogen-bond acceptors (Lipinski definition) is 18. The molecule has 1 amide bonds. The highest BCUT2D eigenvalue weighted by Crippen LogP contribution is 2.33. The molecule has 572 valence electrons. The number of carbonyl (C=O) groups excluding carboxylic acids is 1. The normalized spacial score (nSPS) is 27.0. The average Bonchev–Trinajstić information content (AvgIpc) is 0.790. The Morgan fingerprint density at radius 1 is 0.361 bits per heavy atom. The van der Waals surface area contributed by atoms with E-state index in [1.54, 1.807) is 6.08 Å². The lowest BCUT2D eigenvalue weighted by atomic mass is 9.96. The van der Waals surface area contributed by atoms with Crippen LogP contribution in [-0.4, -0.2) is 193 Å². The molecule has 0 aromatic rings. The van der Waals surface area contributed by atoms with Gasteiger partial charge in [0.1, 0.15) is 73.2 Å². The van der Waals surface area contributed by atoms with E-state index in [0.29, 0.717) is 6.42 Å². The molecule has 3 saturated heterocycles. The van der Waals surface area contributed by atoms with Gasteiger partial charge in [0, 0.05) is 6.42 Å². The van der Waals surface area contributed by atoms with Crippen molar-refractivity contribution in [2.45, 2.75) is 439 Å². The van der Waals surface area contributed by atoms with Crippen LogP contribution in [0.15, 0.2) is 24.3 Å². The van der Waals surface area contributed by atoms with Gasteiger partial charge in [0.25, 0.3) is 0 Å². The van der Waals surface area contributed by atoms with Gasteiger partial charge in [0.15, 0.2) is 18.9 Å². The first-order valence-electron chi connectivity index (χ1n) is 40.1. The molecule has 97 heavy (non-hydrogen) atoms. The lowest BCUT2D eigenvalue weighted by molar-refractivity contribution is -0.379. The number of hydrogen-bond donors (Lipinski definition) is 12. The lowest BCUT2D eigenvalue weighted by Gasteiger charge is -2.48. The third-order valence-electron chi connectivity index (χ3n) is 20.2. The predicted octanol–water partition coefficient (Wildman–Crippen LogP) is 13.0. The predicted molar refractivity (Wildman–Crippen MR) is 383 cm³/mol. The molecule has 0 spiro atoms. The highest BCUT2D eigenvalue weighted by Gasteiger charge is 2.54. The van der Waals surface area contributed by atoms with E-state index >= 15 is 0 Å². The minimum absolute atomic E-state index is 0.247. The Kier molecular flexibility index (Phi) is 55.0. The molecule has 3 heterocycles. The number of ether oxygens (including phenoxy) is 6. The summed E-state index contributed by atoms with van der Waals surface area (Å²) in [7, 11) is 0. The van der Waals surface area contributed by atoms with E-state index in [1.807, 2.05) is 6.08 Å². The maximum atomic E-state index is 13.5. The van der Waals surface area contributed by atoms with Crippen LogP contribution in [-0.2, 0) is 33.2 Å². The quantitative estimate of drug-likeness (QED) is 0.0199. The molecule has 12 N–H and O–H groups in total. The molecule has 3 aliphatic heterocycles. The summed E-state index contributed by atoms with van der Waals surface area (Å²) in [6, 6.07) is -0.972. The monoisotopic (exact) mass is 1390 g/mol. The van der Waals surface area contributed by atoms with Gasteiger partial charge in [-0.25, -0.2) is 0 Å². The molecule has 0 radical (unpaired) electrons. The van der Waals surface area contributed by atoms with Gasteiger partial charge in [-0.15, -0.1) is 0 Å². The fraction of sp³-hybridized carbons (Fsp3) is 0.936. The van der Waals surface area contributed by atoms with Crippen molar-refractivity contribution in [1.82, 2.24) is 5.32 Å². The molecule has 0 aromatic carbocycles. The van der Waals surface area contributed by atoms with Crippen LogP contribution in [0.4, 0.5) is 0 Å². The number of aliphatic hydroxyl groups excluding tert-OH is 11. The molecule has 17 unspecified atom stereocenters. The van der Waals surface area contributed by atoms with E-state index in [1.165, 1.54) is 263 Å². The van der Waals surface area contributed by atoms with Crippen molar-refractivity contribution in [1.29, 1.82) is 0 Å². The van der Waals surface area contributed by atoms with Crippen LogP contribution in [0.1, 0.15) is 335 Å². The number of unbranched alkanes of at least 4 members (excludes halogenated alkanes) is 46. The third kappa shape index (κ3) is 40.2. The van der Waals surface area contributed by atoms with Crippen molar-refractivity contribution in [3.8, 4) is 0 Å². The van der Waals surface area contributed by atoms with Crippen molar-refractivity contribution < 1.29 is 89.4 Å². The van der Waals surface area contributed by atoms with Gasteiger partial charge in [-0.1, -0.05) is 308 Å². The molecule has 3 rings (SSSR count). The molecule has 3 fully saturated rings. The van der Waals surface area contributed by atoms with Crippen LogP contribution >= 0.6 is 0 Å². The Bertz CT molecular complexity index is 1850. The molecule has 19 nitrogen and oxygen atoms in total. The van der Waals surface area contributed by atoms with Crippen LogP contribution in [0.5, 0.6) is 0 Å². The van der Waals surface area contributed by atoms with E-state index in [-0.39, 0.29) is 18.9 Å². The average molecular weight is 1390 g/mol. The maximum absolute atomic E-state index is 13.5. The number of rotatable bonds is 64. The zero-order valence-electron chi connectivity index (χ0n) is 61.1. The van der Waals surface area contributed by atoms with E-state index in [2.05, 4.69) is 31.3 Å². The molecule has 3 aliphatic rings. The van der Waals surface area contributed by atoms with Gasteiger partial charge >= 0.3 is 0 Å². The zero-order chi connectivity index (χ0) is 70.4. The first-order valence-corrected chi connectivity index (χ1v) is 40.1. The van der Waals surface area contributed by atoms with Gasteiger partial charge in [0.2, 0.25) is 5.91 Å². The summed E-state index contributed by atoms with van der Waals surface area (Å²) in [5.74, 6) is -0.269. The van der Waals surface area contributed by atoms with Gasteiger partial charge in [0.05, 0.1) is 38.6 Å². The fourth-order valence-corrected chi connectivity index (χ4v) is 13.8. The second-order valence-corrected chi connectivity index (χ2v) is 28.9. The Hall–Kier alpha value is -1.73. The first-order chi connectivity index (χ1) is 47.3. The number of carbonyl (C=O) groups is 1. The summed E-state index contributed by atoms with van der Waals surface area (Å²) in [4.78, 5) is 13.5. The first kappa shape index (κ1) is 89.5. The summed E-state index contributed by atoms with van der Waals surface area (Å²) >= 11 is 0. The minimum atomic E-state index is -1.98. The van der Waals surface area contributed by atoms with E-state index < -0.39 is 124 Å². The summed E-state index contributed by atoms with van der Waals surface area (Å²) in [6.45, 7) is 1.79. The zero-order valence-corrected chi connectivity index (χ0v) is 61.1. The van der Waals surface area contributed by atoms with Crippen LogP contribution in [0.2, 0.25) is 0 Å². The second kappa shape index (κ2) is 59.6. The third-order valence-corrected chi connectivity index (χ3v) is 20.2. The molecular formula is C78H147NO18. The fourth-order valence-electron chi connectivity index (χ4n) is 13.8. The largest absolute Gasteiger partial charge is 0.394 e. The van der Waals surface area contributed by atoms with Gasteiger partial charge in [-0.2, -0.15) is 0 Å². The molecule has 19 heteroatoms. The van der Waals surface area contributed by atoms with Crippen molar-refractivity contribution in [2.24, 2.45) is 0 Å². The number of aliphatic hydroxyl groups is 11. The SMILES string of the molecule is CCCCCCCCCC/C=C\CCCCCCCCCCCCCCCCCC(=O)NC(COC1OC(CO)C(OC2OC(CO)C(OC3OC(CO)C(O)C(O)C3O)C(O)C2O)C(O)C1O)C(O)/C=C/CCCCCCCCCCCCCCCCCCCCCCCCC. The molecular weight excluding hydrogens is 1240 g/mol. The van der Waals surface area contributed by atoms with Crippen LogP contribution in [0.3, 0.4) is 0 Å². The lowest BCUT2D eigenvalue weighted by Crippen LogP contribution is -2.66. The Morgan fingerprint density at radius 2 is 0.649 bits per heavy atom. The number of amides is 1. The highest BCUT2D eigenvalue weighted by atomic mass is 16.8. The van der Waals surface area contributed by atoms with E-state index in [9.17, 15) is 61.0 Å². The number of allylic oxidation sites excluding steroid dienone is 3. The smallest absolute Gasteiger partial charge is 0.220 e. The highest BCUT2D eigenvalue weighted by molar-refractivity contribution is 5.76. The maximum Gasteiger partial charge on any atom is 0.220 e.